The van der Waals surface area contributed by atoms with Gasteiger partial charge in [-0.2, -0.15) is 0 Å². The first kappa shape index (κ1) is 24.6. The number of benzene rings is 3. The second-order valence-electron chi connectivity index (χ2n) is 7.93. The highest BCUT2D eigenvalue weighted by Crippen LogP contribution is 2.33. The lowest BCUT2D eigenvalue weighted by Gasteiger charge is -2.26. The number of amides is 2. The number of fused-ring (bicyclic) bond motifs is 1. The lowest BCUT2D eigenvalue weighted by Crippen LogP contribution is -2.40. The Hall–Kier alpha value is -4.53. The molecule has 36 heavy (non-hydrogen) atoms. The maximum Gasteiger partial charge on any atom is 0.325 e. The summed E-state index contributed by atoms with van der Waals surface area (Å²) in [4.78, 5) is 37.4. The summed E-state index contributed by atoms with van der Waals surface area (Å²) in [5.74, 6) is 0.430. The van der Waals surface area contributed by atoms with Crippen LogP contribution < -0.4 is 24.8 Å². The highest BCUT2D eigenvalue weighted by Gasteiger charge is 2.23. The molecule has 2 N–H and O–H groups in total. The number of nitrogens with one attached hydrogen (secondary N) is 2. The number of methoxy groups -OCH3 is 2. The van der Waals surface area contributed by atoms with Crippen LogP contribution in [-0.2, 0) is 9.53 Å². The molecule has 1 aliphatic heterocycles. The van der Waals surface area contributed by atoms with Crippen LogP contribution in [0, 0.1) is 0 Å². The molecule has 0 bridgehead atoms. The van der Waals surface area contributed by atoms with Crippen LogP contribution in [0.25, 0.3) is 11.1 Å². The number of rotatable bonds is 8. The number of para-hydroxylation sites is 3. The summed E-state index contributed by atoms with van der Waals surface area (Å²) in [6.07, 6.45) is -0.346. The summed E-state index contributed by atoms with van der Waals surface area (Å²) in [5, 5.41) is 5.40. The van der Waals surface area contributed by atoms with E-state index in [0.717, 1.165) is 0 Å². The first-order chi connectivity index (χ1) is 17.5. The van der Waals surface area contributed by atoms with Gasteiger partial charge in [0.2, 0.25) is 0 Å². The second-order valence-corrected chi connectivity index (χ2v) is 7.93. The molecule has 0 saturated carbocycles. The van der Waals surface area contributed by atoms with Crippen molar-refractivity contribution in [3.8, 4) is 28.4 Å². The highest BCUT2D eigenvalue weighted by molar-refractivity contribution is 6.05. The van der Waals surface area contributed by atoms with E-state index in [4.69, 9.17) is 14.2 Å². The molecule has 3 aromatic carbocycles. The number of carbonyl (C=O) groups excluding carboxylic acids is 3. The van der Waals surface area contributed by atoms with Crippen LogP contribution in [0.15, 0.2) is 66.7 Å². The average Bonchev–Trinajstić information content (AvgIpc) is 2.93. The van der Waals surface area contributed by atoms with Crippen LogP contribution in [0.3, 0.4) is 0 Å². The van der Waals surface area contributed by atoms with E-state index in [1.54, 1.807) is 42.5 Å². The Morgan fingerprint density at radius 3 is 2.42 bits per heavy atom. The molecule has 0 unspecified atom stereocenters. The molecule has 186 valence electrons. The summed E-state index contributed by atoms with van der Waals surface area (Å²) < 4.78 is 21.7. The molecule has 4 rings (SSSR count). The van der Waals surface area contributed by atoms with Crippen molar-refractivity contribution < 1.29 is 33.3 Å². The van der Waals surface area contributed by atoms with E-state index in [9.17, 15) is 14.4 Å². The fourth-order valence-corrected chi connectivity index (χ4v) is 3.77. The molecule has 1 aliphatic rings. The number of hydrogen-bond acceptors (Lipinski definition) is 7. The zero-order valence-electron chi connectivity index (χ0n) is 19.9. The van der Waals surface area contributed by atoms with Crippen LogP contribution in [0.4, 0.5) is 0 Å². The third kappa shape index (κ3) is 5.57. The fraction of sp³-hybridized carbons (Fsp3) is 0.222. The molecular formula is C27H26N2O7. The molecule has 0 aromatic heterocycles. The van der Waals surface area contributed by atoms with Gasteiger partial charge in [0.25, 0.3) is 11.8 Å². The van der Waals surface area contributed by atoms with Crippen molar-refractivity contribution in [3.63, 3.8) is 0 Å². The van der Waals surface area contributed by atoms with E-state index in [-0.39, 0.29) is 30.7 Å². The van der Waals surface area contributed by atoms with Gasteiger partial charge in [0.15, 0.2) is 11.5 Å². The van der Waals surface area contributed by atoms with Crippen molar-refractivity contribution in [1.29, 1.82) is 0 Å². The minimum atomic E-state index is -0.574. The Morgan fingerprint density at radius 2 is 1.64 bits per heavy atom. The zero-order chi connectivity index (χ0) is 25.5. The molecular weight excluding hydrogens is 464 g/mol. The third-order valence-corrected chi connectivity index (χ3v) is 5.60. The molecule has 1 heterocycles. The van der Waals surface area contributed by atoms with E-state index >= 15 is 0 Å². The molecule has 0 saturated heterocycles. The third-order valence-electron chi connectivity index (χ3n) is 5.60. The van der Waals surface area contributed by atoms with Gasteiger partial charge in [0.1, 0.15) is 25.0 Å². The lowest BCUT2D eigenvalue weighted by molar-refractivity contribution is -0.139. The molecule has 3 aromatic rings. The highest BCUT2D eigenvalue weighted by atomic mass is 16.6. The van der Waals surface area contributed by atoms with Crippen molar-refractivity contribution in [2.24, 2.45) is 0 Å². The lowest BCUT2D eigenvalue weighted by atomic mass is 9.95. The van der Waals surface area contributed by atoms with Crippen molar-refractivity contribution in [1.82, 2.24) is 10.6 Å². The van der Waals surface area contributed by atoms with Gasteiger partial charge in [-0.1, -0.05) is 30.3 Å². The quantitative estimate of drug-likeness (QED) is 0.467. The first-order valence-electron chi connectivity index (χ1n) is 11.3. The number of ether oxygens (including phenoxy) is 4. The van der Waals surface area contributed by atoms with Crippen molar-refractivity contribution in [2.75, 3.05) is 33.9 Å². The second kappa shape index (κ2) is 11.3. The topological polar surface area (TPSA) is 112 Å². The van der Waals surface area contributed by atoms with E-state index < -0.39 is 11.9 Å². The number of hydrogen-bond donors (Lipinski definition) is 2. The molecule has 2 amide bonds. The smallest absolute Gasteiger partial charge is 0.325 e. The average molecular weight is 491 g/mol. The predicted octanol–water partition coefficient (Wildman–Crippen LogP) is 2.83. The summed E-state index contributed by atoms with van der Waals surface area (Å²) in [7, 11) is 2.77. The van der Waals surface area contributed by atoms with Gasteiger partial charge in [-0.3, -0.25) is 14.4 Å². The van der Waals surface area contributed by atoms with E-state index in [0.29, 0.717) is 40.5 Å². The Labute approximate surface area is 208 Å². The van der Waals surface area contributed by atoms with Crippen LogP contribution in [0.1, 0.15) is 20.7 Å². The van der Waals surface area contributed by atoms with Crippen LogP contribution >= 0.6 is 0 Å². The summed E-state index contributed by atoms with van der Waals surface area (Å²) in [6.45, 7) is 0.261. The summed E-state index contributed by atoms with van der Waals surface area (Å²) in [6, 6.07) is 19.2. The molecule has 0 radical (unpaired) electrons. The fourth-order valence-electron chi connectivity index (χ4n) is 3.77. The van der Waals surface area contributed by atoms with Crippen molar-refractivity contribution in [2.45, 2.75) is 6.10 Å². The minimum Gasteiger partial charge on any atom is -0.496 e. The van der Waals surface area contributed by atoms with Gasteiger partial charge in [0, 0.05) is 16.7 Å². The van der Waals surface area contributed by atoms with Gasteiger partial charge in [0.05, 0.1) is 20.8 Å². The van der Waals surface area contributed by atoms with Gasteiger partial charge in [-0.05, 0) is 42.0 Å². The van der Waals surface area contributed by atoms with Crippen molar-refractivity contribution in [3.05, 3.63) is 77.9 Å². The Bertz CT molecular complexity index is 1270. The SMILES string of the molecule is COC(=O)CNC(=O)c1ccc(C(=O)NC[C@H]2COc3ccccc3O2)cc1-c1ccccc1OC. The monoisotopic (exact) mass is 490 g/mol. The van der Waals surface area contributed by atoms with Gasteiger partial charge in [-0.15, -0.1) is 0 Å². The molecule has 1 atom stereocenters. The van der Waals surface area contributed by atoms with E-state index in [2.05, 4.69) is 15.4 Å². The Morgan fingerprint density at radius 1 is 0.889 bits per heavy atom. The molecule has 0 fully saturated rings. The molecule has 9 nitrogen and oxygen atoms in total. The number of esters is 1. The first-order valence-corrected chi connectivity index (χ1v) is 11.3. The van der Waals surface area contributed by atoms with Crippen LogP contribution in [-0.4, -0.2) is 57.8 Å². The molecule has 0 spiro atoms. The van der Waals surface area contributed by atoms with Gasteiger partial charge < -0.3 is 29.6 Å². The summed E-state index contributed by atoms with van der Waals surface area (Å²) >= 11 is 0. The Balaban J connectivity index is 1.55. The Kier molecular flexibility index (Phi) is 7.69. The van der Waals surface area contributed by atoms with Gasteiger partial charge >= 0.3 is 5.97 Å². The maximum absolute atomic E-state index is 13.0. The standard InChI is InChI=1S/C27H26N2O7/c1-33-22-8-4-3-7-19(22)21-13-17(11-12-20(21)27(32)29-15-25(30)34-2)26(31)28-14-18-16-35-23-9-5-6-10-24(23)36-18/h3-13,18H,14-16H2,1-2H3,(H,28,31)(H,29,32)/t18-/m0/s1. The molecule has 9 heteroatoms. The van der Waals surface area contributed by atoms with E-state index in [1.165, 1.54) is 14.2 Å². The largest absolute Gasteiger partial charge is 0.496 e. The van der Waals surface area contributed by atoms with Gasteiger partial charge in [-0.25, -0.2) is 0 Å². The maximum atomic E-state index is 13.0. The van der Waals surface area contributed by atoms with Crippen LogP contribution in [0.5, 0.6) is 17.2 Å². The zero-order valence-corrected chi connectivity index (χ0v) is 19.9. The normalized spacial score (nSPS) is 13.9. The molecule has 0 aliphatic carbocycles. The van der Waals surface area contributed by atoms with Crippen LogP contribution in [0.2, 0.25) is 0 Å². The van der Waals surface area contributed by atoms with Crippen molar-refractivity contribution >= 4 is 17.8 Å². The van der Waals surface area contributed by atoms with E-state index in [1.807, 2.05) is 24.3 Å². The minimum absolute atomic E-state index is 0.235. The predicted molar refractivity (Wildman–Crippen MR) is 131 cm³/mol. The summed E-state index contributed by atoms with van der Waals surface area (Å²) in [5.41, 5.74) is 1.73. The number of carbonyl (C=O) groups is 3.